The van der Waals surface area contributed by atoms with Gasteiger partial charge in [0.05, 0.1) is 10.7 Å². The highest BCUT2D eigenvalue weighted by atomic mass is 35.5. The molecule has 0 spiro atoms. The molecule has 2 rings (SSSR count). The van der Waals surface area contributed by atoms with Crippen LogP contribution < -0.4 is 16.4 Å². The van der Waals surface area contributed by atoms with Gasteiger partial charge in [-0.15, -0.1) is 0 Å². The topological polar surface area (TPSA) is 100 Å². The number of nitrogens with two attached hydrogens (primary N) is 1. The number of rotatable bonds is 4. The van der Waals surface area contributed by atoms with Crippen molar-refractivity contribution in [1.82, 2.24) is 15.6 Å². The van der Waals surface area contributed by atoms with E-state index in [4.69, 9.17) is 22.4 Å². The van der Waals surface area contributed by atoms with E-state index in [1.54, 1.807) is 18.5 Å². The van der Waals surface area contributed by atoms with Gasteiger partial charge >= 0.3 is 5.97 Å². The Morgan fingerprint density at radius 1 is 1.63 bits per heavy atom. The van der Waals surface area contributed by atoms with Crippen molar-refractivity contribution in [1.29, 1.82) is 0 Å². The zero-order valence-electron chi connectivity index (χ0n) is 10.1. The molecule has 0 aliphatic carbocycles. The molecule has 2 heterocycles. The Morgan fingerprint density at radius 3 is 3.05 bits per heavy atom. The second kappa shape index (κ2) is 5.90. The first-order valence-electron chi connectivity index (χ1n) is 5.85. The summed E-state index contributed by atoms with van der Waals surface area (Å²) in [7, 11) is 0. The highest BCUT2D eigenvalue weighted by molar-refractivity contribution is 6.30. The molecule has 0 amide bonds. The predicted octanol–water partition coefficient (Wildman–Crippen LogP) is 0.397. The average Bonchev–Trinajstić information content (AvgIpc) is 2.85. The number of hydrogen-bond acceptors (Lipinski definition) is 5. The average molecular weight is 283 g/mol. The van der Waals surface area contributed by atoms with Gasteiger partial charge in [-0.2, -0.15) is 0 Å². The number of pyridine rings is 1. The fraction of sp³-hybridized carbons (Fsp3) is 0.333. The summed E-state index contributed by atoms with van der Waals surface area (Å²) in [6.07, 6.45) is 5.33. The molecule has 1 aromatic heterocycles. The number of aromatic nitrogens is 1. The first-order valence-corrected chi connectivity index (χ1v) is 6.23. The number of carboxylic acids is 1. The molecule has 0 aromatic carbocycles. The molecule has 2 atom stereocenters. The smallest absolute Gasteiger partial charge is 0.320 e. The Balaban J connectivity index is 1.94. The third-order valence-electron chi connectivity index (χ3n) is 2.94. The second-order valence-corrected chi connectivity index (χ2v) is 4.83. The molecule has 19 heavy (non-hydrogen) atoms. The van der Waals surface area contributed by atoms with Crippen LogP contribution in [0.3, 0.4) is 0 Å². The fourth-order valence-electron chi connectivity index (χ4n) is 1.91. The van der Waals surface area contributed by atoms with Crippen molar-refractivity contribution < 1.29 is 9.90 Å². The van der Waals surface area contributed by atoms with Crippen molar-refractivity contribution in [2.75, 3.05) is 6.54 Å². The van der Waals surface area contributed by atoms with Crippen molar-refractivity contribution >= 4 is 23.3 Å². The van der Waals surface area contributed by atoms with E-state index in [1.165, 1.54) is 6.20 Å². The molecule has 1 aromatic rings. The van der Waals surface area contributed by atoms with Crippen LogP contribution in [0.5, 0.6) is 0 Å². The lowest BCUT2D eigenvalue weighted by Crippen LogP contribution is -2.30. The molecular weight excluding hydrogens is 268 g/mol. The molecule has 1 aliphatic heterocycles. The Hall–Kier alpha value is -1.79. The summed E-state index contributed by atoms with van der Waals surface area (Å²) >= 11 is 5.83. The van der Waals surface area contributed by atoms with E-state index in [1.807, 2.05) is 0 Å². The monoisotopic (exact) mass is 282 g/mol. The van der Waals surface area contributed by atoms with Crippen molar-refractivity contribution in [3.05, 3.63) is 35.2 Å². The summed E-state index contributed by atoms with van der Waals surface area (Å²) in [6.45, 7) is 0.592. The van der Waals surface area contributed by atoms with Gasteiger partial charge in [-0.3, -0.25) is 9.78 Å². The van der Waals surface area contributed by atoms with Crippen LogP contribution in [0.2, 0.25) is 5.02 Å². The van der Waals surface area contributed by atoms with Gasteiger partial charge in [-0.25, -0.2) is 0 Å². The molecule has 6 nitrogen and oxygen atoms in total. The summed E-state index contributed by atoms with van der Waals surface area (Å²) in [6, 6.07) is 1.27. The predicted molar refractivity (Wildman–Crippen MR) is 72.4 cm³/mol. The normalized spacial score (nSPS) is 23.3. The maximum absolute atomic E-state index is 10.8. The van der Waals surface area contributed by atoms with Gasteiger partial charge in [-0.1, -0.05) is 11.6 Å². The minimum Gasteiger partial charge on any atom is -0.480 e. The summed E-state index contributed by atoms with van der Waals surface area (Å²) in [5.74, 6) is -0.833. The van der Waals surface area contributed by atoms with Crippen molar-refractivity contribution in [3.8, 4) is 0 Å². The van der Waals surface area contributed by atoms with Gasteiger partial charge in [0, 0.05) is 36.7 Å². The number of halogens is 1. The van der Waals surface area contributed by atoms with E-state index in [-0.39, 0.29) is 6.04 Å². The van der Waals surface area contributed by atoms with Gasteiger partial charge in [0.2, 0.25) is 0 Å². The van der Waals surface area contributed by atoms with Crippen LogP contribution in [-0.2, 0) is 4.79 Å². The third-order valence-corrected chi connectivity index (χ3v) is 3.15. The van der Waals surface area contributed by atoms with Crippen LogP contribution in [0, 0.1) is 0 Å². The summed E-state index contributed by atoms with van der Waals surface area (Å²) in [4.78, 5) is 14.7. The largest absolute Gasteiger partial charge is 0.480 e. The minimum atomic E-state index is -0.833. The Labute approximate surface area is 115 Å². The van der Waals surface area contributed by atoms with Gasteiger partial charge in [-0.05, 0) is 12.5 Å². The minimum absolute atomic E-state index is 0.0480. The van der Waals surface area contributed by atoms with E-state index in [0.29, 0.717) is 23.7 Å². The van der Waals surface area contributed by atoms with Gasteiger partial charge in [0.15, 0.2) is 0 Å². The van der Waals surface area contributed by atoms with Crippen LogP contribution in [0.15, 0.2) is 24.7 Å². The SMILES string of the molecule is N/C(=C\NC1CN[C@H](C(=O)O)C1)c1cncc(Cl)c1. The van der Waals surface area contributed by atoms with Crippen molar-refractivity contribution in [3.63, 3.8) is 0 Å². The Kier molecular flexibility index (Phi) is 4.24. The van der Waals surface area contributed by atoms with Crippen molar-refractivity contribution in [2.45, 2.75) is 18.5 Å². The molecule has 0 radical (unpaired) electrons. The van der Waals surface area contributed by atoms with E-state index in [2.05, 4.69) is 15.6 Å². The van der Waals surface area contributed by atoms with Gasteiger partial charge < -0.3 is 21.5 Å². The lowest BCUT2D eigenvalue weighted by molar-refractivity contribution is -0.139. The first kappa shape index (κ1) is 13.6. The van der Waals surface area contributed by atoms with Gasteiger partial charge in [0.25, 0.3) is 0 Å². The van der Waals surface area contributed by atoms with Crippen LogP contribution in [0.4, 0.5) is 0 Å². The number of aliphatic carboxylic acids is 1. The Morgan fingerprint density at radius 2 is 2.42 bits per heavy atom. The van der Waals surface area contributed by atoms with Crippen LogP contribution in [0.25, 0.3) is 5.70 Å². The molecule has 1 unspecified atom stereocenters. The van der Waals surface area contributed by atoms with Crippen LogP contribution in [-0.4, -0.2) is 34.7 Å². The molecule has 102 valence electrons. The quantitative estimate of drug-likeness (QED) is 0.638. The molecule has 7 heteroatoms. The summed E-state index contributed by atoms with van der Waals surface area (Å²) in [5, 5.41) is 15.4. The molecular formula is C12H15ClN4O2. The highest BCUT2D eigenvalue weighted by Gasteiger charge is 2.28. The molecule has 0 bridgehead atoms. The van der Waals surface area contributed by atoms with E-state index in [0.717, 1.165) is 5.56 Å². The maximum atomic E-state index is 10.8. The lowest BCUT2D eigenvalue weighted by atomic mass is 10.1. The number of carboxylic acid groups (broad SMARTS) is 1. The second-order valence-electron chi connectivity index (χ2n) is 4.39. The summed E-state index contributed by atoms with van der Waals surface area (Å²) < 4.78 is 0. The number of carbonyl (C=O) groups is 1. The third kappa shape index (κ3) is 3.59. The van der Waals surface area contributed by atoms with Crippen LogP contribution >= 0.6 is 11.6 Å². The standard InChI is InChI=1S/C12H15ClN4O2/c13-8-1-7(3-15-4-8)10(14)6-16-9-2-11(12(18)19)17-5-9/h1,3-4,6,9,11,16-17H,2,5,14H2,(H,18,19)/b10-6-/t9?,11-/m0/s1. The Bertz CT molecular complexity index is 506. The fourth-order valence-corrected chi connectivity index (χ4v) is 2.09. The summed E-state index contributed by atoms with van der Waals surface area (Å²) in [5.41, 5.74) is 7.13. The number of hydrogen-bond donors (Lipinski definition) is 4. The van der Waals surface area contributed by atoms with Crippen molar-refractivity contribution in [2.24, 2.45) is 5.73 Å². The van der Waals surface area contributed by atoms with Gasteiger partial charge in [0.1, 0.15) is 6.04 Å². The molecule has 1 fully saturated rings. The zero-order valence-corrected chi connectivity index (χ0v) is 10.9. The maximum Gasteiger partial charge on any atom is 0.320 e. The molecule has 1 aliphatic rings. The van der Waals surface area contributed by atoms with E-state index >= 15 is 0 Å². The lowest BCUT2D eigenvalue weighted by Gasteiger charge is -2.10. The molecule has 5 N–H and O–H groups in total. The van der Waals surface area contributed by atoms with Crippen LogP contribution in [0.1, 0.15) is 12.0 Å². The van der Waals surface area contributed by atoms with E-state index < -0.39 is 12.0 Å². The number of nitrogens with one attached hydrogen (secondary N) is 2. The molecule has 0 saturated carbocycles. The number of nitrogens with zero attached hydrogens (tertiary/aromatic N) is 1. The highest BCUT2D eigenvalue weighted by Crippen LogP contribution is 2.13. The zero-order chi connectivity index (χ0) is 13.8. The molecule has 1 saturated heterocycles. The first-order chi connectivity index (χ1) is 9.06. The van der Waals surface area contributed by atoms with E-state index in [9.17, 15) is 4.79 Å².